The Kier molecular flexibility index (Phi) is 5.53. The molecule has 0 aromatic heterocycles. The number of rotatable bonds is 4. The van der Waals surface area contributed by atoms with Crippen LogP contribution < -0.4 is 5.32 Å². The van der Waals surface area contributed by atoms with Gasteiger partial charge in [0.25, 0.3) is 0 Å². The van der Waals surface area contributed by atoms with E-state index in [1.165, 1.54) is 17.7 Å². The smallest absolute Gasteiger partial charge is 0.193 e. The summed E-state index contributed by atoms with van der Waals surface area (Å²) < 4.78 is 13.4. The van der Waals surface area contributed by atoms with Gasteiger partial charge in [-0.1, -0.05) is 36.4 Å². The molecule has 132 valence electrons. The number of halogens is 1. The van der Waals surface area contributed by atoms with Gasteiger partial charge in [0.15, 0.2) is 17.5 Å². The molecule has 0 bridgehead atoms. The van der Waals surface area contributed by atoms with Crippen LogP contribution in [0.4, 0.5) is 4.39 Å². The fraction of sp³-hybridized carbons (Fsp3) is 0.350. The highest BCUT2D eigenvalue weighted by atomic mass is 19.1. The number of likely N-dealkylation sites (tertiary alicyclic amines) is 1. The molecule has 3 rings (SSSR count). The summed E-state index contributed by atoms with van der Waals surface area (Å²) in [6.07, 6.45) is 2.22. The maximum Gasteiger partial charge on any atom is 0.193 e. The summed E-state index contributed by atoms with van der Waals surface area (Å²) in [7, 11) is 1.77. The first-order chi connectivity index (χ1) is 12.2. The molecule has 1 atom stereocenters. The molecule has 1 heterocycles. The van der Waals surface area contributed by atoms with Crippen LogP contribution in [-0.4, -0.2) is 36.1 Å². The Bertz CT molecular complexity index is 733. The molecule has 4 nitrogen and oxygen atoms in total. The number of nitrogens with zero attached hydrogens (tertiary/aromatic N) is 2. The Morgan fingerprint density at radius 2 is 2.04 bits per heavy atom. The Hall–Kier alpha value is -2.56. The van der Waals surface area contributed by atoms with Crippen molar-refractivity contribution < 1.29 is 9.50 Å². The summed E-state index contributed by atoms with van der Waals surface area (Å²) in [4.78, 5) is 6.61. The van der Waals surface area contributed by atoms with E-state index in [0.29, 0.717) is 12.5 Å². The SMILES string of the molecule is CN=C(NCc1ccc(O)c(F)c1)N1CCC(Cc2ccccc2)C1. The molecule has 0 aliphatic carbocycles. The minimum atomic E-state index is -0.599. The van der Waals surface area contributed by atoms with E-state index in [1.807, 2.05) is 6.07 Å². The fourth-order valence-electron chi connectivity index (χ4n) is 3.31. The van der Waals surface area contributed by atoms with Crippen LogP contribution in [-0.2, 0) is 13.0 Å². The van der Waals surface area contributed by atoms with Crippen molar-refractivity contribution in [2.24, 2.45) is 10.9 Å². The summed E-state index contributed by atoms with van der Waals surface area (Å²) in [5.74, 6) is 0.533. The van der Waals surface area contributed by atoms with E-state index < -0.39 is 5.82 Å². The lowest BCUT2D eigenvalue weighted by Gasteiger charge is -2.22. The van der Waals surface area contributed by atoms with Crippen LogP contribution >= 0.6 is 0 Å². The van der Waals surface area contributed by atoms with Gasteiger partial charge < -0.3 is 15.3 Å². The van der Waals surface area contributed by atoms with Gasteiger partial charge in [0.1, 0.15) is 0 Å². The van der Waals surface area contributed by atoms with Crippen LogP contribution in [0.25, 0.3) is 0 Å². The van der Waals surface area contributed by atoms with Gasteiger partial charge in [0, 0.05) is 26.7 Å². The van der Waals surface area contributed by atoms with Crippen molar-refractivity contribution in [2.75, 3.05) is 20.1 Å². The number of nitrogens with one attached hydrogen (secondary N) is 1. The molecule has 1 aliphatic heterocycles. The van der Waals surface area contributed by atoms with Crippen LogP contribution in [0.15, 0.2) is 53.5 Å². The highest BCUT2D eigenvalue weighted by Gasteiger charge is 2.24. The third kappa shape index (κ3) is 4.50. The van der Waals surface area contributed by atoms with Crippen molar-refractivity contribution in [1.29, 1.82) is 0 Å². The number of phenolic OH excluding ortho intramolecular Hbond substituents is 1. The van der Waals surface area contributed by atoms with Gasteiger partial charge in [-0.2, -0.15) is 0 Å². The molecule has 2 N–H and O–H groups in total. The average Bonchev–Trinajstić information content (AvgIpc) is 3.08. The monoisotopic (exact) mass is 341 g/mol. The van der Waals surface area contributed by atoms with E-state index in [0.717, 1.165) is 37.5 Å². The zero-order valence-corrected chi connectivity index (χ0v) is 14.5. The number of hydrogen-bond donors (Lipinski definition) is 2. The second-order valence-electron chi connectivity index (χ2n) is 6.48. The molecule has 0 amide bonds. The van der Waals surface area contributed by atoms with E-state index >= 15 is 0 Å². The minimum Gasteiger partial charge on any atom is -0.505 e. The summed E-state index contributed by atoms with van der Waals surface area (Å²) in [5.41, 5.74) is 2.15. The van der Waals surface area contributed by atoms with Crippen LogP contribution in [0.3, 0.4) is 0 Å². The molecule has 25 heavy (non-hydrogen) atoms. The van der Waals surface area contributed by atoms with Crippen molar-refractivity contribution in [3.8, 4) is 5.75 Å². The highest BCUT2D eigenvalue weighted by molar-refractivity contribution is 5.80. The zero-order valence-electron chi connectivity index (χ0n) is 14.5. The molecule has 1 unspecified atom stereocenters. The Labute approximate surface area is 148 Å². The predicted molar refractivity (Wildman–Crippen MR) is 98.1 cm³/mol. The Morgan fingerprint density at radius 3 is 2.76 bits per heavy atom. The molecule has 2 aromatic carbocycles. The van der Waals surface area contributed by atoms with Gasteiger partial charge in [-0.15, -0.1) is 0 Å². The second-order valence-corrected chi connectivity index (χ2v) is 6.48. The predicted octanol–water partition coefficient (Wildman–Crippen LogP) is 3.17. The Morgan fingerprint density at radius 1 is 1.24 bits per heavy atom. The molecule has 1 aliphatic rings. The average molecular weight is 341 g/mol. The number of aromatic hydroxyl groups is 1. The largest absolute Gasteiger partial charge is 0.505 e. The maximum absolute atomic E-state index is 13.4. The number of guanidine groups is 1. The molecule has 5 heteroatoms. The van der Waals surface area contributed by atoms with Gasteiger partial charge in [0.05, 0.1) is 0 Å². The molecule has 0 radical (unpaired) electrons. The van der Waals surface area contributed by atoms with Crippen molar-refractivity contribution in [2.45, 2.75) is 19.4 Å². The molecule has 1 saturated heterocycles. The van der Waals surface area contributed by atoms with Gasteiger partial charge in [0.2, 0.25) is 0 Å². The van der Waals surface area contributed by atoms with Crippen molar-refractivity contribution in [3.05, 3.63) is 65.5 Å². The third-order valence-corrected chi connectivity index (χ3v) is 4.63. The summed E-state index contributed by atoms with van der Waals surface area (Å²) in [6.45, 7) is 2.42. The molecule has 0 saturated carbocycles. The molecule has 2 aromatic rings. The highest BCUT2D eigenvalue weighted by Crippen LogP contribution is 2.21. The van der Waals surface area contributed by atoms with Crippen LogP contribution in [0, 0.1) is 11.7 Å². The van der Waals surface area contributed by atoms with Gasteiger partial charge in [-0.3, -0.25) is 4.99 Å². The Balaban J connectivity index is 1.54. The van der Waals surface area contributed by atoms with E-state index in [1.54, 1.807) is 13.1 Å². The third-order valence-electron chi connectivity index (χ3n) is 4.63. The molecule has 0 spiro atoms. The van der Waals surface area contributed by atoms with Crippen LogP contribution in [0.2, 0.25) is 0 Å². The molecular weight excluding hydrogens is 317 g/mol. The molecular formula is C20H24FN3O. The van der Waals surface area contributed by atoms with E-state index in [2.05, 4.69) is 39.5 Å². The first-order valence-corrected chi connectivity index (χ1v) is 8.62. The normalized spacial score (nSPS) is 17.8. The first kappa shape index (κ1) is 17.3. The number of benzene rings is 2. The van der Waals surface area contributed by atoms with Crippen molar-refractivity contribution in [3.63, 3.8) is 0 Å². The maximum atomic E-state index is 13.4. The zero-order chi connectivity index (χ0) is 17.6. The quantitative estimate of drug-likeness (QED) is 0.663. The summed E-state index contributed by atoms with van der Waals surface area (Å²) >= 11 is 0. The lowest BCUT2D eigenvalue weighted by atomic mass is 9.99. The summed E-state index contributed by atoms with van der Waals surface area (Å²) in [5, 5.41) is 12.5. The first-order valence-electron chi connectivity index (χ1n) is 8.62. The number of phenols is 1. The topological polar surface area (TPSA) is 47.9 Å². The lowest BCUT2D eigenvalue weighted by molar-refractivity contribution is 0.431. The van der Waals surface area contributed by atoms with E-state index in [4.69, 9.17) is 0 Å². The summed E-state index contributed by atoms with van der Waals surface area (Å²) in [6, 6.07) is 15.0. The minimum absolute atomic E-state index is 0.323. The fourth-order valence-corrected chi connectivity index (χ4v) is 3.31. The number of hydrogen-bond acceptors (Lipinski definition) is 2. The van der Waals surface area contributed by atoms with Gasteiger partial charge in [-0.25, -0.2) is 4.39 Å². The van der Waals surface area contributed by atoms with Crippen LogP contribution in [0.1, 0.15) is 17.5 Å². The lowest BCUT2D eigenvalue weighted by Crippen LogP contribution is -2.39. The van der Waals surface area contributed by atoms with Crippen molar-refractivity contribution >= 4 is 5.96 Å². The van der Waals surface area contributed by atoms with E-state index in [9.17, 15) is 9.50 Å². The van der Waals surface area contributed by atoms with Crippen molar-refractivity contribution in [1.82, 2.24) is 10.2 Å². The van der Waals surface area contributed by atoms with Gasteiger partial charge >= 0.3 is 0 Å². The molecule has 1 fully saturated rings. The second kappa shape index (κ2) is 8.01. The number of aliphatic imine (C=N–C) groups is 1. The van der Waals surface area contributed by atoms with Gasteiger partial charge in [-0.05, 0) is 42.0 Å². The van der Waals surface area contributed by atoms with Crippen LogP contribution in [0.5, 0.6) is 5.75 Å². The van der Waals surface area contributed by atoms with E-state index in [-0.39, 0.29) is 5.75 Å². The standard InChI is InChI=1S/C20H24FN3O/c1-22-20(23-13-16-7-8-19(25)18(21)12-16)24-10-9-17(14-24)11-15-5-3-2-4-6-15/h2-8,12,17,25H,9-11,13-14H2,1H3,(H,22,23).